The summed E-state index contributed by atoms with van der Waals surface area (Å²) >= 11 is 0. The maximum atomic E-state index is 13.3. The first-order chi connectivity index (χ1) is 12.4. The minimum atomic E-state index is -3.81. The second kappa shape index (κ2) is 8.05. The molecule has 1 amide bonds. The Morgan fingerprint density at radius 3 is 2.30 bits per heavy atom. The molecule has 0 spiro atoms. The second-order valence-corrected chi connectivity index (χ2v) is 15.7. The Bertz CT molecular complexity index is 756. The molecule has 1 fully saturated rings. The fourth-order valence-corrected chi connectivity index (χ4v) is 6.24. The van der Waals surface area contributed by atoms with Crippen LogP contribution in [0, 0.1) is 0 Å². The Kier molecular flexibility index (Phi) is 6.59. The molecule has 1 heterocycles. The number of rotatable bonds is 7. The summed E-state index contributed by atoms with van der Waals surface area (Å²) in [6, 6.07) is 8.25. The zero-order chi connectivity index (χ0) is 20.5. The molecule has 0 aliphatic carbocycles. The van der Waals surface area contributed by atoms with E-state index in [0.29, 0.717) is 13.1 Å². The number of hydrogen-bond acceptors (Lipinski definition) is 4. The van der Waals surface area contributed by atoms with Gasteiger partial charge in [0.2, 0.25) is 5.91 Å². The summed E-state index contributed by atoms with van der Waals surface area (Å²) in [6.45, 7) is 13.5. The second-order valence-electron chi connectivity index (χ2n) is 8.83. The smallest absolute Gasteiger partial charge is 0.244 e. The summed E-state index contributed by atoms with van der Waals surface area (Å²) in [5.74, 6) is -0.323. The van der Waals surface area contributed by atoms with Crippen LogP contribution < -0.4 is 0 Å². The summed E-state index contributed by atoms with van der Waals surface area (Å²) in [7, 11) is -6.03. The van der Waals surface area contributed by atoms with Crippen LogP contribution in [0.25, 0.3) is 0 Å². The summed E-state index contributed by atoms with van der Waals surface area (Å²) in [5, 5.41) is -1.22. The van der Waals surface area contributed by atoms with Gasteiger partial charge in [0.25, 0.3) is 0 Å². The summed E-state index contributed by atoms with van der Waals surface area (Å²) in [6.07, 6.45) is 1.19. The molecule has 2 rings (SSSR count). The number of benzene rings is 1. The average Bonchev–Trinajstić information content (AvgIpc) is 2.88. The lowest BCUT2D eigenvalue weighted by molar-refractivity contribution is -0.127. The first-order valence-corrected chi connectivity index (χ1v) is 14.1. The van der Waals surface area contributed by atoms with E-state index in [0.717, 1.165) is 12.8 Å². The lowest BCUT2D eigenvalue weighted by Gasteiger charge is -2.39. The number of hydrogen-bond donors (Lipinski definition) is 0. The number of unbranched alkanes of at least 4 members (excludes halogenated alkanes) is 1. The molecule has 0 N–H and O–H groups in total. The molecular formula is C20H33NO4SSi. The molecule has 0 radical (unpaired) electrons. The highest BCUT2D eigenvalue weighted by Gasteiger charge is 2.52. The van der Waals surface area contributed by atoms with Gasteiger partial charge < -0.3 is 9.33 Å². The molecule has 27 heavy (non-hydrogen) atoms. The van der Waals surface area contributed by atoms with Crippen molar-refractivity contribution in [3.05, 3.63) is 30.3 Å². The lowest BCUT2D eigenvalue weighted by atomic mass is 10.2. The fraction of sp³-hybridized carbons (Fsp3) is 0.650. The van der Waals surface area contributed by atoms with Gasteiger partial charge in [-0.2, -0.15) is 0 Å². The Balaban J connectivity index is 2.41. The van der Waals surface area contributed by atoms with Crippen LogP contribution in [0.3, 0.4) is 0 Å². The monoisotopic (exact) mass is 411 g/mol. The van der Waals surface area contributed by atoms with Gasteiger partial charge >= 0.3 is 0 Å². The first kappa shape index (κ1) is 22.1. The fourth-order valence-electron chi connectivity index (χ4n) is 3.04. The average molecular weight is 412 g/mol. The summed E-state index contributed by atoms with van der Waals surface area (Å²) in [4.78, 5) is 14.9. The Morgan fingerprint density at radius 2 is 1.78 bits per heavy atom. The van der Waals surface area contributed by atoms with Gasteiger partial charge in [0.15, 0.2) is 23.4 Å². The Morgan fingerprint density at radius 1 is 1.19 bits per heavy atom. The van der Waals surface area contributed by atoms with Gasteiger partial charge in [-0.1, -0.05) is 52.3 Å². The molecule has 2 atom stereocenters. The van der Waals surface area contributed by atoms with Crippen molar-refractivity contribution < 1.29 is 17.6 Å². The van der Waals surface area contributed by atoms with Crippen molar-refractivity contribution >= 4 is 24.1 Å². The summed E-state index contributed by atoms with van der Waals surface area (Å²) in [5.41, 5.74) is 0. The van der Waals surface area contributed by atoms with Crippen molar-refractivity contribution in [2.45, 2.75) is 74.9 Å². The number of amides is 1. The number of nitrogens with zero attached hydrogens (tertiary/aromatic N) is 1. The first-order valence-electron chi connectivity index (χ1n) is 9.67. The molecule has 0 aromatic heterocycles. The lowest BCUT2D eigenvalue weighted by Crippen LogP contribution is -2.49. The van der Waals surface area contributed by atoms with E-state index < -0.39 is 29.5 Å². The Hall–Kier alpha value is -1.18. The normalized spacial score (nSPS) is 21.7. The number of likely N-dealkylation sites (tertiary alicyclic amines) is 1. The quantitative estimate of drug-likeness (QED) is 0.639. The topological polar surface area (TPSA) is 63.7 Å². The molecule has 0 bridgehead atoms. The highest BCUT2D eigenvalue weighted by Crippen LogP contribution is 2.39. The SMILES string of the molecule is CCCCN1CC(O[Si](C)(C)C(C)(C)C)C(S(=O)(=O)c2ccccc2)C1=O. The number of carbonyl (C=O) groups is 1. The highest BCUT2D eigenvalue weighted by atomic mass is 32.2. The van der Waals surface area contributed by atoms with Crippen LogP contribution in [-0.4, -0.2) is 52.0 Å². The molecule has 7 heteroatoms. The zero-order valence-corrected chi connectivity index (χ0v) is 19.2. The van der Waals surface area contributed by atoms with Crippen LogP contribution in [-0.2, 0) is 19.1 Å². The maximum absolute atomic E-state index is 13.3. The minimum absolute atomic E-state index is 0.0616. The van der Waals surface area contributed by atoms with Gasteiger partial charge in [0, 0.05) is 13.1 Å². The molecule has 0 saturated carbocycles. The van der Waals surface area contributed by atoms with E-state index in [1.165, 1.54) is 0 Å². The van der Waals surface area contributed by atoms with Crippen LogP contribution in [0.1, 0.15) is 40.5 Å². The van der Waals surface area contributed by atoms with Crippen molar-refractivity contribution in [3.63, 3.8) is 0 Å². The van der Waals surface area contributed by atoms with Crippen LogP contribution in [0.15, 0.2) is 35.2 Å². The van der Waals surface area contributed by atoms with Crippen LogP contribution in [0.2, 0.25) is 18.1 Å². The molecule has 1 saturated heterocycles. The molecule has 1 aliphatic heterocycles. The highest BCUT2D eigenvalue weighted by molar-refractivity contribution is 7.93. The summed E-state index contributed by atoms with van der Waals surface area (Å²) < 4.78 is 33.1. The molecular weight excluding hydrogens is 378 g/mol. The minimum Gasteiger partial charge on any atom is -0.410 e. The Labute approximate surface area is 165 Å². The third-order valence-corrected chi connectivity index (χ3v) is 12.3. The molecule has 5 nitrogen and oxygen atoms in total. The van der Waals surface area contributed by atoms with Crippen molar-refractivity contribution in [1.29, 1.82) is 0 Å². The van der Waals surface area contributed by atoms with Crippen molar-refractivity contribution in [1.82, 2.24) is 4.90 Å². The van der Waals surface area contributed by atoms with Crippen molar-refractivity contribution in [2.75, 3.05) is 13.1 Å². The number of sulfone groups is 1. The largest absolute Gasteiger partial charge is 0.410 e. The van der Waals surface area contributed by atoms with Gasteiger partial charge in [-0.05, 0) is 36.7 Å². The van der Waals surface area contributed by atoms with Crippen LogP contribution >= 0.6 is 0 Å². The van der Waals surface area contributed by atoms with Gasteiger partial charge in [0.1, 0.15) is 0 Å². The standard InChI is InChI=1S/C20H33NO4SSi/c1-7-8-14-21-15-17(25-27(5,6)20(2,3)4)18(19(21)22)26(23,24)16-12-10-9-11-13-16/h9-13,17-18H,7-8,14-15H2,1-6H3. The molecule has 1 aliphatic rings. The van der Waals surface area contributed by atoms with Gasteiger partial charge in [0.05, 0.1) is 11.0 Å². The van der Waals surface area contributed by atoms with E-state index >= 15 is 0 Å². The molecule has 1 aromatic carbocycles. The maximum Gasteiger partial charge on any atom is 0.244 e. The van der Waals surface area contributed by atoms with E-state index in [-0.39, 0.29) is 15.8 Å². The number of carbonyl (C=O) groups excluding carboxylic acids is 1. The van der Waals surface area contributed by atoms with E-state index in [2.05, 4.69) is 40.8 Å². The van der Waals surface area contributed by atoms with E-state index in [1.807, 2.05) is 0 Å². The van der Waals surface area contributed by atoms with Crippen LogP contribution in [0.5, 0.6) is 0 Å². The van der Waals surface area contributed by atoms with Crippen LogP contribution in [0.4, 0.5) is 0 Å². The van der Waals surface area contributed by atoms with Gasteiger partial charge in [-0.25, -0.2) is 8.42 Å². The van der Waals surface area contributed by atoms with E-state index in [9.17, 15) is 13.2 Å². The van der Waals surface area contributed by atoms with Gasteiger partial charge in [-0.15, -0.1) is 0 Å². The third kappa shape index (κ3) is 4.63. The van der Waals surface area contributed by atoms with E-state index in [4.69, 9.17) is 4.43 Å². The van der Waals surface area contributed by atoms with Crippen molar-refractivity contribution in [3.8, 4) is 0 Å². The predicted molar refractivity (Wildman–Crippen MR) is 111 cm³/mol. The molecule has 1 aromatic rings. The zero-order valence-electron chi connectivity index (χ0n) is 17.4. The van der Waals surface area contributed by atoms with E-state index in [1.54, 1.807) is 35.2 Å². The van der Waals surface area contributed by atoms with Gasteiger partial charge in [-0.3, -0.25) is 4.79 Å². The predicted octanol–water partition coefficient (Wildman–Crippen LogP) is 3.86. The van der Waals surface area contributed by atoms with Crippen molar-refractivity contribution in [2.24, 2.45) is 0 Å². The molecule has 152 valence electrons. The molecule has 2 unspecified atom stereocenters. The third-order valence-electron chi connectivity index (χ3n) is 5.73.